The highest BCUT2D eigenvalue weighted by molar-refractivity contribution is 5.89. The summed E-state index contributed by atoms with van der Waals surface area (Å²) in [4.78, 5) is 24.6. The first kappa shape index (κ1) is 15.9. The lowest BCUT2D eigenvalue weighted by molar-refractivity contribution is -0.139. The van der Waals surface area contributed by atoms with Gasteiger partial charge >= 0.3 is 0 Å². The van der Waals surface area contributed by atoms with Gasteiger partial charge in [0.15, 0.2) is 0 Å². The minimum atomic E-state index is -0.905. The van der Waals surface area contributed by atoms with Gasteiger partial charge in [-0.25, -0.2) is 0 Å². The highest BCUT2D eigenvalue weighted by Crippen LogP contribution is 2.13. The lowest BCUT2D eigenvalue weighted by atomic mass is 9.95. The Morgan fingerprint density at radius 1 is 1.24 bits per heavy atom. The number of hydrogen-bond acceptors (Lipinski definition) is 3. The highest BCUT2D eigenvalue weighted by Gasteiger charge is 2.32. The van der Waals surface area contributed by atoms with E-state index in [0.717, 1.165) is 19.3 Å². The van der Waals surface area contributed by atoms with Crippen LogP contribution in [-0.2, 0) is 9.59 Å². The molecule has 100 valence electrons. The summed E-state index contributed by atoms with van der Waals surface area (Å²) >= 11 is 0. The summed E-state index contributed by atoms with van der Waals surface area (Å²) in [6, 6.07) is 0. The number of carbonyl (C=O) groups is 2. The van der Waals surface area contributed by atoms with Gasteiger partial charge in [0, 0.05) is 6.54 Å². The van der Waals surface area contributed by atoms with Crippen LogP contribution in [0.4, 0.5) is 0 Å². The van der Waals surface area contributed by atoms with E-state index in [9.17, 15) is 9.59 Å². The zero-order valence-electron chi connectivity index (χ0n) is 11.2. The molecule has 17 heavy (non-hydrogen) atoms. The number of unbranched alkanes of at least 4 members (excludes halogenated alkanes) is 1. The predicted molar refractivity (Wildman–Crippen MR) is 68.2 cm³/mol. The standard InChI is InChI=1S/C12H25N3O2/c1-4-6-8-15(9-10(13)16)11(17)12(3,14)7-5-2/h4-9,14H2,1-3H3,(H2,13,16). The molecule has 0 aliphatic carbocycles. The second-order valence-electron chi connectivity index (χ2n) is 4.71. The third-order valence-electron chi connectivity index (χ3n) is 2.67. The summed E-state index contributed by atoms with van der Waals surface area (Å²) in [5, 5.41) is 0. The van der Waals surface area contributed by atoms with Gasteiger partial charge in [0.1, 0.15) is 0 Å². The third kappa shape index (κ3) is 5.68. The molecule has 0 aromatic heterocycles. The van der Waals surface area contributed by atoms with Gasteiger partial charge < -0.3 is 16.4 Å². The Morgan fingerprint density at radius 3 is 2.24 bits per heavy atom. The highest BCUT2D eigenvalue weighted by atomic mass is 16.2. The molecule has 5 heteroatoms. The Morgan fingerprint density at radius 2 is 1.82 bits per heavy atom. The van der Waals surface area contributed by atoms with Gasteiger partial charge in [-0.05, 0) is 19.8 Å². The van der Waals surface area contributed by atoms with Crippen molar-refractivity contribution >= 4 is 11.8 Å². The molecule has 0 aliphatic rings. The van der Waals surface area contributed by atoms with Crippen molar-refractivity contribution in [3.63, 3.8) is 0 Å². The normalized spacial score (nSPS) is 14.1. The van der Waals surface area contributed by atoms with Gasteiger partial charge in [-0.3, -0.25) is 9.59 Å². The molecule has 0 saturated heterocycles. The molecule has 1 atom stereocenters. The topological polar surface area (TPSA) is 89.4 Å². The molecule has 0 saturated carbocycles. The van der Waals surface area contributed by atoms with Crippen LogP contribution in [0.2, 0.25) is 0 Å². The van der Waals surface area contributed by atoms with Crippen molar-refractivity contribution < 1.29 is 9.59 Å². The minimum absolute atomic E-state index is 0.0463. The van der Waals surface area contributed by atoms with Crippen molar-refractivity contribution in [3.05, 3.63) is 0 Å². The molecule has 0 spiro atoms. The van der Waals surface area contributed by atoms with Crippen LogP contribution in [0.3, 0.4) is 0 Å². The first-order chi connectivity index (χ1) is 7.85. The van der Waals surface area contributed by atoms with Gasteiger partial charge in [-0.15, -0.1) is 0 Å². The summed E-state index contributed by atoms with van der Waals surface area (Å²) in [7, 11) is 0. The van der Waals surface area contributed by atoms with Gasteiger partial charge in [-0.1, -0.05) is 26.7 Å². The van der Waals surface area contributed by atoms with E-state index in [0.29, 0.717) is 13.0 Å². The largest absolute Gasteiger partial charge is 0.368 e. The molecular weight excluding hydrogens is 218 g/mol. The maximum atomic E-state index is 12.2. The molecule has 4 N–H and O–H groups in total. The number of hydrogen-bond donors (Lipinski definition) is 2. The van der Waals surface area contributed by atoms with E-state index >= 15 is 0 Å². The summed E-state index contributed by atoms with van der Waals surface area (Å²) < 4.78 is 0. The molecule has 2 amide bonds. The van der Waals surface area contributed by atoms with Crippen LogP contribution in [0.25, 0.3) is 0 Å². The van der Waals surface area contributed by atoms with Crippen LogP contribution >= 0.6 is 0 Å². The van der Waals surface area contributed by atoms with Crippen LogP contribution in [0, 0.1) is 0 Å². The maximum Gasteiger partial charge on any atom is 0.242 e. The van der Waals surface area contributed by atoms with E-state index in [4.69, 9.17) is 11.5 Å². The van der Waals surface area contributed by atoms with Crippen molar-refractivity contribution in [1.29, 1.82) is 0 Å². The van der Waals surface area contributed by atoms with Gasteiger partial charge in [0.25, 0.3) is 0 Å². The first-order valence-electron chi connectivity index (χ1n) is 6.21. The van der Waals surface area contributed by atoms with E-state index in [1.54, 1.807) is 6.92 Å². The lowest BCUT2D eigenvalue weighted by Crippen LogP contribution is -2.55. The Hall–Kier alpha value is -1.10. The second kappa shape index (κ2) is 7.27. The second-order valence-corrected chi connectivity index (χ2v) is 4.71. The van der Waals surface area contributed by atoms with Crippen molar-refractivity contribution in [2.75, 3.05) is 13.1 Å². The van der Waals surface area contributed by atoms with Gasteiger partial charge in [-0.2, -0.15) is 0 Å². The summed E-state index contributed by atoms with van der Waals surface area (Å²) in [5.74, 6) is -0.687. The number of primary amides is 1. The Bertz CT molecular complexity index is 264. The molecule has 0 rings (SSSR count). The van der Waals surface area contributed by atoms with Crippen molar-refractivity contribution in [2.24, 2.45) is 11.5 Å². The summed E-state index contributed by atoms with van der Waals surface area (Å²) in [6.45, 7) is 6.20. The van der Waals surface area contributed by atoms with Crippen LogP contribution in [0.5, 0.6) is 0 Å². The third-order valence-corrected chi connectivity index (χ3v) is 2.67. The zero-order valence-corrected chi connectivity index (χ0v) is 11.2. The lowest BCUT2D eigenvalue weighted by Gasteiger charge is -2.31. The van der Waals surface area contributed by atoms with E-state index in [1.807, 2.05) is 13.8 Å². The quantitative estimate of drug-likeness (QED) is 0.655. The smallest absolute Gasteiger partial charge is 0.242 e. The number of nitrogens with zero attached hydrogens (tertiary/aromatic N) is 1. The van der Waals surface area contributed by atoms with E-state index in [-0.39, 0.29) is 12.5 Å². The van der Waals surface area contributed by atoms with Crippen LogP contribution in [0.15, 0.2) is 0 Å². The minimum Gasteiger partial charge on any atom is -0.368 e. The average molecular weight is 243 g/mol. The zero-order chi connectivity index (χ0) is 13.5. The number of carbonyl (C=O) groups excluding carboxylic acids is 2. The fraction of sp³-hybridized carbons (Fsp3) is 0.833. The van der Waals surface area contributed by atoms with Crippen LogP contribution in [0.1, 0.15) is 46.5 Å². The maximum absolute atomic E-state index is 12.2. The fourth-order valence-electron chi connectivity index (χ4n) is 1.78. The molecule has 0 heterocycles. The Kier molecular flexibility index (Phi) is 6.80. The molecule has 1 unspecified atom stereocenters. The molecule has 0 radical (unpaired) electrons. The predicted octanol–water partition coefficient (Wildman–Crippen LogP) is 0.618. The fourth-order valence-corrected chi connectivity index (χ4v) is 1.78. The van der Waals surface area contributed by atoms with Crippen LogP contribution in [-0.4, -0.2) is 35.3 Å². The van der Waals surface area contributed by atoms with Crippen molar-refractivity contribution in [3.8, 4) is 0 Å². The number of nitrogens with two attached hydrogens (primary N) is 2. The number of amides is 2. The molecule has 0 bridgehead atoms. The van der Waals surface area contributed by atoms with E-state index in [1.165, 1.54) is 4.90 Å². The van der Waals surface area contributed by atoms with Crippen LogP contribution < -0.4 is 11.5 Å². The van der Waals surface area contributed by atoms with Crippen molar-refractivity contribution in [1.82, 2.24) is 4.90 Å². The van der Waals surface area contributed by atoms with Crippen molar-refractivity contribution in [2.45, 2.75) is 52.0 Å². The molecule has 0 aliphatic heterocycles. The molecule has 0 aromatic carbocycles. The summed E-state index contributed by atoms with van der Waals surface area (Å²) in [5.41, 5.74) is 10.2. The average Bonchev–Trinajstić information content (AvgIpc) is 2.22. The molecule has 0 fully saturated rings. The van der Waals surface area contributed by atoms with E-state index < -0.39 is 11.4 Å². The molecule has 0 aromatic rings. The monoisotopic (exact) mass is 243 g/mol. The van der Waals surface area contributed by atoms with Gasteiger partial charge in [0.2, 0.25) is 11.8 Å². The van der Waals surface area contributed by atoms with E-state index in [2.05, 4.69) is 0 Å². The molecular formula is C12H25N3O2. The summed E-state index contributed by atoms with van der Waals surface area (Å²) in [6.07, 6.45) is 3.24. The van der Waals surface area contributed by atoms with Gasteiger partial charge in [0.05, 0.1) is 12.1 Å². The SMILES string of the molecule is CCCCN(CC(N)=O)C(=O)C(C)(N)CCC. The first-order valence-corrected chi connectivity index (χ1v) is 6.21. The Balaban J connectivity index is 4.65. The molecule has 5 nitrogen and oxygen atoms in total. The number of rotatable bonds is 8. The Labute approximate surface area is 104 Å².